The number of rotatable bonds is 4. The fourth-order valence-electron chi connectivity index (χ4n) is 2.35. The van der Waals surface area contributed by atoms with Crippen LogP contribution < -0.4 is 5.32 Å². The van der Waals surface area contributed by atoms with E-state index in [0.29, 0.717) is 0 Å². The molecule has 0 aromatic heterocycles. The molecule has 0 aliphatic carbocycles. The summed E-state index contributed by atoms with van der Waals surface area (Å²) in [6.07, 6.45) is 2.17. The minimum absolute atomic E-state index is 0.304. The summed E-state index contributed by atoms with van der Waals surface area (Å²) in [5.74, 6) is 0. The maximum Gasteiger partial charge on any atom is 0.491 e. The fourth-order valence-corrected chi connectivity index (χ4v) is 2.35. The Bertz CT molecular complexity index is 521. The van der Waals surface area contributed by atoms with Gasteiger partial charge in [-0.3, -0.25) is 0 Å². The molecule has 0 spiro atoms. The Balaban J connectivity index is 2.31. The predicted molar refractivity (Wildman–Crippen MR) is 89.2 cm³/mol. The maximum absolute atomic E-state index is 6.16. The highest BCUT2D eigenvalue weighted by molar-refractivity contribution is 6.55. The molecule has 3 nitrogen and oxygen atoms in total. The van der Waals surface area contributed by atoms with Crippen LogP contribution in [0.2, 0.25) is 0 Å². The monoisotopic (exact) mass is 287 g/mol. The van der Waals surface area contributed by atoms with Gasteiger partial charge in [-0.25, -0.2) is 0 Å². The summed E-state index contributed by atoms with van der Waals surface area (Å²) in [4.78, 5) is 0. The van der Waals surface area contributed by atoms with Crippen molar-refractivity contribution in [1.29, 1.82) is 0 Å². The van der Waals surface area contributed by atoms with Crippen molar-refractivity contribution in [3.05, 3.63) is 40.9 Å². The first kappa shape index (κ1) is 16.3. The van der Waals surface area contributed by atoms with Crippen LogP contribution in [0, 0.1) is 6.92 Å². The Morgan fingerprint density at radius 1 is 1.14 bits per heavy atom. The molecule has 0 bridgehead atoms. The predicted octanol–water partition coefficient (Wildman–Crippen LogP) is 3.23. The number of likely N-dealkylation sites (N-methyl/N-ethyl adjacent to an activating group) is 1. The number of hydrogen-bond donors (Lipinski definition) is 1. The Kier molecular flexibility index (Phi) is 4.62. The van der Waals surface area contributed by atoms with E-state index in [-0.39, 0.29) is 18.3 Å². The van der Waals surface area contributed by atoms with E-state index in [9.17, 15) is 0 Å². The SMILES string of the molecule is CNCC(=Cc1ccccc1C)B1OC(C)(C)C(C)(C)O1. The van der Waals surface area contributed by atoms with E-state index in [1.165, 1.54) is 11.1 Å². The van der Waals surface area contributed by atoms with Gasteiger partial charge in [0.1, 0.15) is 0 Å². The number of hydrogen-bond acceptors (Lipinski definition) is 3. The number of benzene rings is 1. The van der Waals surface area contributed by atoms with Crippen LogP contribution in [-0.2, 0) is 9.31 Å². The molecule has 21 heavy (non-hydrogen) atoms. The van der Waals surface area contributed by atoms with Gasteiger partial charge >= 0.3 is 7.12 Å². The third-order valence-electron chi connectivity index (χ3n) is 4.47. The van der Waals surface area contributed by atoms with Crippen molar-refractivity contribution in [2.75, 3.05) is 13.6 Å². The van der Waals surface area contributed by atoms with Crippen molar-refractivity contribution in [3.63, 3.8) is 0 Å². The smallest absolute Gasteiger partial charge is 0.400 e. The second kappa shape index (κ2) is 5.95. The molecule has 1 aliphatic heterocycles. The highest BCUT2D eigenvalue weighted by atomic mass is 16.7. The van der Waals surface area contributed by atoms with Crippen LogP contribution in [-0.4, -0.2) is 31.9 Å². The van der Waals surface area contributed by atoms with E-state index >= 15 is 0 Å². The van der Waals surface area contributed by atoms with Crippen LogP contribution in [0.25, 0.3) is 6.08 Å². The molecule has 1 heterocycles. The topological polar surface area (TPSA) is 30.5 Å². The van der Waals surface area contributed by atoms with Crippen LogP contribution in [0.5, 0.6) is 0 Å². The standard InChI is InChI=1S/C17H26BNO2/c1-13-9-7-8-10-14(13)11-15(12-19-6)18-20-16(2,3)17(4,5)21-18/h7-11,19H,12H2,1-6H3. The molecular formula is C17H26BNO2. The first-order chi connectivity index (χ1) is 9.77. The van der Waals surface area contributed by atoms with Gasteiger partial charge in [0.2, 0.25) is 0 Å². The van der Waals surface area contributed by atoms with E-state index in [1.54, 1.807) is 0 Å². The average molecular weight is 287 g/mol. The normalized spacial score (nSPS) is 20.9. The number of nitrogens with one attached hydrogen (secondary N) is 1. The molecule has 0 atom stereocenters. The van der Waals surface area contributed by atoms with Gasteiger partial charge in [0, 0.05) is 6.54 Å². The van der Waals surface area contributed by atoms with E-state index in [1.807, 2.05) is 7.05 Å². The lowest BCUT2D eigenvalue weighted by Crippen LogP contribution is -2.41. The highest BCUT2D eigenvalue weighted by Gasteiger charge is 2.52. The average Bonchev–Trinajstić information content (AvgIpc) is 2.60. The molecule has 0 amide bonds. The molecule has 0 radical (unpaired) electrons. The quantitative estimate of drug-likeness (QED) is 0.862. The van der Waals surface area contributed by atoms with Gasteiger partial charge in [-0.1, -0.05) is 30.3 Å². The van der Waals surface area contributed by atoms with E-state index < -0.39 is 0 Å². The third-order valence-corrected chi connectivity index (χ3v) is 4.47. The molecule has 1 aliphatic rings. The lowest BCUT2D eigenvalue weighted by atomic mass is 9.76. The zero-order chi connectivity index (χ0) is 15.7. The summed E-state index contributed by atoms with van der Waals surface area (Å²) in [5.41, 5.74) is 2.96. The maximum atomic E-state index is 6.16. The van der Waals surface area contributed by atoms with Gasteiger partial charge in [0.05, 0.1) is 11.2 Å². The summed E-state index contributed by atoms with van der Waals surface area (Å²) in [5, 5.41) is 3.21. The van der Waals surface area contributed by atoms with Gasteiger partial charge < -0.3 is 14.6 Å². The second-order valence-corrected chi connectivity index (χ2v) is 6.69. The Hall–Kier alpha value is -1.10. The van der Waals surface area contributed by atoms with E-state index in [0.717, 1.165) is 12.0 Å². The third kappa shape index (κ3) is 3.39. The molecule has 1 saturated heterocycles. The lowest BCUT2D eigenvalue weighted by molar-refractivity contribution is 0.00578. The number of aryl methyl sites for hydroxylation is 1. The van der Waals surface area contributed by atoms with Crippen molar-refractivity contribution >= 4 is 13.2 Å². The van der Waals surface area contributed by atoms with Gasteiger partial charge in [-0.05, 0) is 58.3 Å². The molecule has 0 saturated carbocycles. The minimum atomic E-state index is -0.309. The van der Waals surface area contributed by atoms with Crippen molar-refractivity contribution in [2.24, 2.45) is 0 Å². The zero-order valence-electron chi connectivity index (χ0n) is 14.0. The molecule has 0 unspecified atom stereocenters. The van der Waals surface area contributed by atoms with Crippen molar-refractivity contribution in [2.45, 2.75) is 45.8 Å². The Labute approximate surface area is 128 Å². The van der Waals surface area contributed by atoms with Crippen LogP contribution in [0.3, 0.4) is 0 Å². The molecule has 1 aromatic carbocycles. The molecule has 114 valence electrons. The van der Waals surface area contributed by atoms with Gasteiger partial charge in [-0.2, -0.15) is 0 Å². The molecule has 1 aromatic rings. The minimum Gasteiger partial charge on any atom is -0.400 e. The largest absolute Gasteiger partial charge is 0.491 e. The Morgan fingerprint density at radius 3 is 2.24 bits per heavy atom. The van der Waals surface area contributed by atoms with Crippen molar-refractivity contribution in [1.82, 2.24) is 5.32 Å². The summed E-state index contributed by atoms with van der Waals surface area (Å²) in [6.45, 7) is 11.2. The second-order valence-electron chi connectivity index (χ2n) is 6.69. The van der Waals surface area contributed by atoms with Crippen LogP contribution >= 0.6 is 0 Å². The highest BCUT2D eigenvalue weighted by Crippen LogP contribution is 2.38. The van der Waals surface area contributed by atoms with E-state index in [2.05, 4.69) is 70.3 Å². The summed E-state index contributed by atoms with van der Waals surface area (Å²) >= 11 is 0. The van der Waals surface area contributed by atoms with Crippen LogP contribution in [0.4, 0.5) is 0 Å². The molecule has 1 N–H and O–H groups in total. The van der Waals surface area contributed by atoms with Gasteiger partial charge in [0.15, 0.2) is 0 Å². The Morgan fingerprint density at radius 2 is 1.71 bits per heavy atom. The molecule has 2 rings (SSSR count). The summed E-state index contributed by atoms with van der Waals surface area (Å²) in [7, 11) is 1.64. The summed E-state index contributed by atoms with van der Waals surface area (Å²) < 4.78 is 12.3. The first-order valence-corrected chi connectivity index (χ1v) is 7.53. The van der Waals surface area contributed by atoms with Crippen molar-refractivity contribution < 1.29 is 9.31 Å². The molecule has 4 heteroatoms. The molecular weight excluding hydrogens is 261 g/mol. The summed E-state index contributed by atoms with van der Waals surface area (Å²) in [6, 6.07) is 8.35. The van der Waals surface area contributed by atoms with E-state index in [4.69, 9.17) is 9.31 Å². The van der Waals surface area contributed by atoms with Crippen LogP contribution in [0.15, 0.2) is 29.7 Å². The van der Waals surface area contributed by atoms with Gasteiger partial charge in [-0.15, -0.1) is 0 Å². The van der Waals surface area contributed by atoms with Gasteiger partial charge in [0.25, 0.3) is 0 Å². The first-order valence-electron chi connectivity index (χ1n) is 7.53. The fraction of sp³-hybridized carbons (Fsp3) is 0.529. The van der Waals surface area contributed by atoms with Crippen molar-refractivity contribution in [3.8, 4) is 0 Å². The zero-order valence-corrected chi connectivity index (χ0v) is 14.0. The lowest BCUT2D eigenvalue weighted by Gasteiger charge is -2.32. The van der Waals surface area contributed by atoms with Crippen LogP contribution in [0.1, 0.15) is 38.8 Å². The molecule has 1 fully saturated rings.